The average molecular weight is 449 g/mol. The quantitative estimate of drug-likeness (QED) is 0.316. The summed E-state index contributed by atoms with van der Waals surface area (Å²) in [6.07, 6.45) is 1.74. The number of carboxylic acid groups (broad SMARTS) is 1. The molecule has 0 saturated carbocycles. The van der Waals surface area contributed by atoms with Gasteiger partial charge < -0.3 is 14.4 Å². The van der Waals surface area contributed by atoms with Crippen molar-refractivity contribution in [3.8, 4) is 17.0 Å². The van der Waals surface area contributed by atoms with Crippen LogP contribution in [-0.2, 0) is 13.2 Å². The molecule has 2 aromatic heterocycles. The molecule has 0 aliphatic rings. The molecule has 168 valence electrons. The molecule has 0 aliphatic carbocycles. The molecule has 0 unspecified atom stereocenters. The van der Waals surface area contributed by atoms with Gasteiger partial charge in [0, 0.05) is 23.7 Å². The molecule has 0 saturated heterocycles. The zero-order valence-electron chi connectivity index (χ0n) is 18.8. The lowest BCUT2D eigenvalue weighted by atomic mass is 10.1. The maximum atomic E-state index is 12.1. The van der Waals surface area contributed by atoms with Crippen LogP contribution in [0.5, 0.6) is 5.75 Å². The van der Waals surface area contributed by atoms with E-state index in [4.69, 9.17) is 4.74 Å². The van der Waals surface area contributed by atoms with Crippen LogP contribution < -0.4 is 4.74 Å². The van der Waals surface area contributed by atoms with Gasteiger partial charge in [-0.1, -0.05) is 66.2 Å². The van der Waals surface area contributed by atoms with Crippen LogP contribution >= 0.6 is 0 Å². The summed E-state index contributed by atoms with van der Waals surface area (Å²) in [5.41, 5.74) is 6.05. The standard InChI is InChI=1S/C29H24N2O3/c1-20-6-5-7-23(16-20)28-25-17-27(29(32)33)31(26(25)14-15-30-28)18-21-10-12-22(13-11-21)19-34-24-8-3-2-4-9-24/h2-17H,18-19H2,1H3,(H,32,33). The first-order valence-corrected chi connectivity index (χ1v) is 11.1. The lowest BCUT2D eigenvalue weighted by molar-refractivity contribution is 0.0686. The molecule has 2 heterocycles. The van der Waals surface area contributed by atoms with Gasteiger partial charge in [-0.25, -0.2) is 4.79 Å². The van der Waals surface area contributed by atoms with Gasteiger partial charge in [0.05, 0.1) is 11.2 Å². The van der Waals surface area contributed by atoms with Gasteiger partial charge in [-0.3, -0.25) is 4.98 Å². The van der Waals surface area contributed by atoms with Crippen molar-refractivity contribution < 1.29 is 14.6 Å². The van der Waals surface area contributed by atoms with Crippen molar-refractivity contribution in [1.29, 1.82) is 0 Å². The Morgan fingerprint density at radius 1 is 0.912 bits per heavy atom. The molecule has 5 rings (SSSR count). The van der Waals surface area contributed by atoms with Crippen molar-refractivity contribution in [3.63, 3.8) is 0 Å². The van der Waals surface area contributed by atoms with Gasteiger partial charge in [-0.2, -0.15) is 0 Å². The molecule has 34 heavy (non-hydrogen) atoms. The fourth-order valence-corrected chi connectivity index (χ4v) is 4.16. The molecule has 0 radical (unpaired) electrons. The summed E-state index contributed by atoms with van der Waals surface area (Å²) in [5.74, 6) is -0.131. The summed E-state index contributed by atoms with van der Waals surface area (Å²) in [4.78, 5) is 16.7. The fourth-order valence-electron chi connectivity index (χ4n) is 4.16. The highest BCUT2D eigenvalue weighted by molar-refractivity contribution is 6.00. The molecule has 0 fully saturated rings. The lowest BCUT2D eigenvalue weighted by Gasteiger charge is -2.11. The smallest absolute Gasteiger partial charge is 0.352 e. The average Bonchev–Trinajstić information content (AvgIpc) is 3.23. The number of carbonyl (C=O) groups is 1. The van der Waals surface area contributed by atoms with E-state index >= 15 is 0 Å². The van der Waals surface area contributed by atoms with Crippen LogP contribution in [0.4, 0.5) is 0 Å². The second-order valence-electron chi connectivity index (χ2n) is 8.30. The monoisotopic (exact) mass is 448 g/mol. The Hall–Kier alpha value is -4.38. The number of aromatic nitrogens is 2. The Kier molecular flexibility index (Phi) is 5.83. The van der Waals surface area contributed by atoms with E-state index in [1.54, 1.807) is 12.3 Å². The van der Waals surface area contributed by atoms with E-state index in [1.165, 1.54) is 0 Å². The second kappa shape index (κ2) is 9.24. The first-order chi connectivity index (χ1) is 16.6. The van der Waals surface area contributed by atoms with E-state index in [0.717, 1.165) is 44.6 Å². The summed E-state index contributed by atoms with van der Waals surface area (Å²) >= 11 is 0. The third kappa shape index (κ3) is 4.41. The van der Waals surface area contributed by atoms with Crippen LogP contribution in [0.25, 0.3) is 22.2 Å². The minimum atomic E-state index is -0.959. The summed E-state index contributed by atoms with van der Waals surface area (Å²) in [6, 6.07) is 29.5. The molecular formula is C29H24N2O3. The van der Waals surface area contributed by atoms with Gasteiger partial charge in [0.25, 0.3) is 0 Å². The molecule has 0 bridgehead atoms. The minimum absolute atomic E-state index is 0.244. The number of ether oxygens (including phenoxy) is 1. The van der Waals surface area contributed by atoms with Crippen LogP contribution in [-0.4, -0.2) is 20.6 Å². The fraction of sp³-hybridized carbons (Fsp3) is 0.103. The number of hydrogen-bond acceptors (Lipinski definition) is 3. The number of aromatic carboxylic acids is 1. The highest BCUT2D eigenvalue weighted by atomic mass is 16.5. The SMILES string of the molecule is Cc1cccc(-c2nccc3c2cc(C(=O)O)n3Cc2ccc(COc3ccccc3)cc2)c1. The van der Waals surface area contributed by atoms with E-state index in [2.05, 4.69) is 11.1 Å². The van der Waals surface area contributed by atoms with Gasteiger partial charge in [-0.15, -0.1) is 0 Å². The second-order valence-corrected chi connectivity index (χ2v) is 8.30. The normalized spacial score (nSPS) is 11.0. The first kappa shape index (κ1) is 21.5. The first-order valence-electron chi connectivity index (χ1n) is 11.1. The van der Waals surface area contributed by atoms with Crippen molar-refractivity contribution >= 4 is 16.9 Å². The highest BCUT2D eigenvalue weighted by Crippen LogP contribution is 2.30. The summed E-state index contributed by atoms with van der Waals surface area (Å²) in [6.45, 7) is 2.96. The third-order valence-electron chi connectivity index (χ3n) is 5.85. The Balaban J connectivity index is 1.44. The Labute approximate surface area is 197 Å². The number of nitrogens with zero attached hydrogens (tertiary/aromatic N) is 2. The number of rotatable bonds is 7. The Morgan fingerprint density at radius 3 is 2.41 bits per heavy atom. The van der Waals surface area contributed by atoms with Gasteiger partial charge >= 0.3 is 5.97 Å². The van der Waals surface area contributed by atoms with Gasteiger partial charge in [-0.05, 0) is 48.4 Å². The number of para-hydroxylation sites is 1. The van der Waals surface area contributed by atoms with Gasteiger partial charge in [0.1, 0.15) is 18.1 Å². The predicted molar refractivity (Wildman–Crippen MR) is 133 cm³/mol. The number of pyridine rings is 1. The molecule has 0 amide bonds. The van der Waals surface area contributed by atoms with E-state index in [9.17, 15) is 9.90 Å². The van der Waals surface area contributed by atoms with E-state index < -0.39 is 5.97 Å². The summed E-state index contributed by atoms with van der Waals surface area (Å²) in [5, 5.41) is 10.7. The Morgan fingerprint density at radius 2 is 1.68 bits per heavy atom. The van der Waals surface area contributed by atoms with Gasteiger partial charge in [0.15, 0.2) is 0 Å². The lowest BCUT2D eigenvalue weighted by Crippen LogP contribution is -2.09. The number of carboxylic acids is 1. The molecule has 0 aliphatic heterocycles. The van der Waals surface area contributed by atoms with Crippen molar-refractivity contribution in [1.82, 2.24) is 9.55 Å². The maximum Gasteiger partial charge on any atom is 0.352 e. The number of fused-ring (bicyclic) bond motifs is 1. The summed E-state index contributed by atoms with van der Waals surface area (Å²) in [7, 11) is 0. The zero-order chi connectivity index (χ0) is 23.5. The van der Waals surface area contributed by atoms with Crippen LogP contribution in [0, 0.1) is 6.92 Å². The summed E-state index contributed by atoms with van der Waals surface area (Å²) < 4.78 is 7.66. The van der Waals surface area contributed by atoms with E-state index in [1.807, 2.05) is 90.4 Å². The Bertz CT molecular complexity index is 1450. The molecule has 0 spiro atoms. The number of hydrogen-bond donors (Lipinski definition) is 1. The predicted octanol–water partition coefficient (Wildman–Crippen LogP) is 6.34. The molecule has 1 N–H and O–H groups in total. The number of aryl methyl sites for hydroxylation is 1. The van der Waals surface area contributed by atoms with Crippen molar-refractivity contribution in [2.45, 2.75) is 20.1 Å². The van der Waals surface area contributed by atoms with E-state index in [-0.39, 0.29) is 5.69 Å². The minimum Gasteiger partial charge on any atom is -0.489 e. The van der Waals surface area contributed by atoms with Gasteiger partial charge in [0.2, 0.25) is 0 Å². The van der Waals surface area contributed by atoms with E-state index in [0.29, 0.717) is 13.2 Å². The van der Waals surface area contributed by atoms with Crippen LogP contribution in [0.3, 0.4) is 0 Å². The molecule has 5 aromatic rings. The third-order valence-corrected chi connectivity index (χ3v) is 5.85. The number of benzene rings is 3. The largest absolute Gasteiger partial charge is 0.489 e. The van der Waals surface area contributed by atoms with Crippen LogP contribution in [0.1, 0.15) is 27.2 Å². The molecular weight excluding hydrogens is 424 g/mol. The van der Waals surface area contributed by atoms with Crippen molar-refractivity contribution in [2.75, 3.05) is 0 Å². The van der Waals surface area contributed by atoms with Crippen LogP contribution in [0.2, 0.25) is 0 Å². The van der Waals surface area contributed by atoms with Crippen LogP contribution in [0.15, 0.2) is 97.2 Å². The molecule has 3 aromatic carbocycles. The maximum absolute atomic E-state index is 12.1. The van der Waals surface area contributed by atoms with Crippen molar-refractivity contribution in [3.05, 3.63) is 120 Å². The van der Waals surface area contributed by atoms with Crippen molar-refractivity contribution in [2.24, 2.45) is 0 Å². The molecule has 5 nitrogen and oxygen atoms in total. The highest BCUT2D eigenvalue weighted by Gasteiger charge is 2.18. The topological polar surface area (TPSA) is 64.3 Å². The molecule has 0 atom stereocenters. The zero-order valence-corrected chi connectivity index (χ0v) is 18.8. The molecule has 5 heteroatoms.